The van der Waals surface area contributed by atoms with Crippen molar-refractivity contribution < 1.29 is 17.6 Å². The zero-order valence-corrected chi connectivity index (χ0v) is 18.2. The van der Waals surface area contributed by atoms with E-state index in [4.69, 9.17) is 0 Å². The van der Waals surface area contributed by atoms with Crippen LogP contribution in [0, 0.1) is 5.82 Å². The number of pyridine rings is 1. The Labute approximate surface area is 182 Å². The molecular weight excluding hydrogens is 437 g/mol. The molecule has 0 unspecified atom stereocenters. The zero-order valence-electron chi connectivity index (χ0n) is 16.5. The highest BCUT2D eigenvalue weighted by atomic mass is 32.2. The SMILES string of the molecule is CS(=O)(=O)c1ccc(CC(=O)N(Cc2cccnc2)c2nc3ccc(F)cc3s2)cc1. The number of hydrogen-bond donors (Lipinski definition) is 0. The molecule has 0 N–H and O–H groups in total. The summed E-state index contributed by atoms with van der Waals surface area (Å²) in [4.78, 5) is 23.6. The molecule has 0 aliphatic carbocycles. The van der Waals surface area contributed by atoms with E-state index in [1.807, 2.05) is 6.07 Å². The van der Waals surface area contributed by atoms with Crippen LogP contribution in [-0.2, 0) is 27.6 Å². The minimum Gasteiger partial charge on any atom is -0.283 e. The smallest absolute Gasteiger partial charge is 0.233 e. The molecule has 0 fully saturated rings. The number of fused-ring (bicyclic) bond motifs is 1. The second-order valence-corrected chi connectivity index (χ2v) is 10.1. The lowest BCUT2D eigenvalue weighted by Gasteiger charge is -2.20. The largest absolute Gasteiger partial charge is 0.283 e. The number of aromatic nitrogens is 2. The third-order valence-corrected chi connectivity index (χ3v) is 6.81. The molecule has 0 atom stereocenters. The Kier molecular flexibility index (Phi) is 5.79. The van der Waals surface area contributed by atoms with Crippen molar-refractivity contribution in [3.05, 3.63) is 83.9 Å². The number of carbonyl (C=O) groups is 1. The summed E-state index contributed by atoms with van der Waals surface area (Å²) in [7, 11) is -3.31. The number of hydrogen-bond acceptors (Lipinski definition) is 6. The Hall–Kier alpha value is -3.17. The number of carbonyl (C=O) groups excluding carboxylic acids is 1. The van der Waals surface area contributed by atoms with Crippen LogP contribution in [0.1, 0.15) is 11.1 Å². The molecule has 2 aromatic heterocycles. The molecule has 0 saturated carbocycles. The zero-order chi connectivity index (χ0) is 22.0. The van der Waals surface area contributed by atoms with Gasteiger partial charge in [0.05, 0.1) is 28.1 Å². The van der Waals surface area contributed by atoms with Gasteiger partial charge in [0.25, 0.3) is 0 Å². The van der Waals surface area contributed by atoms with Crippen molar-refractivity contribution in [2.75, 3.05) is 11.2 Å². The highest BCUT2D eigenvalue weighted by Crippen LogP contribution is 2.31. The first-order valence-electron chi connectivity index (χ1n) is 9.34. The Balaban J connectivity index is 1.65. The van der Waals surface area contributed by atoms with Crippen LogP contribution in [0.2, 0.25) is 0 Å². The highest BCUT2D eigenvalue weighted by molar-refractivity contribution is 7.90. The fourth-order valence-corrected chi connectivity index (χ4v) is 4.70. The van der Waals surface area contributed by atoms with E-state index >= 15 is 0 Å². The molecule has 0 saturated heterocycles. The second kappa shape index (κ2) is 8.52. The van der Waals surface area contributed by atoms with Gasteiger partial charge in [-0.15, -0.1) is 0 Å². The number of halogens is 1. The highest BCUT2D eigenvalue weighted by Gasteiger charge is 2.21. The monoisotopic (exact) mass is 455 g/mol. The molecular formula is C22H18FN3O3S2. The van der Waals surface area contributed by atoms with Crippen molar-refractivity contribution in [3.8, 4) is 0 Å². The predicted octanol–water partition coefficient (Wildman–Crippen LogP) is 4.01. The number of rotatable bonds is 6. The van der Waals surface area contributed by atoms with E-state index < -0.39 is 9.84 Å². The van der Waals surface area contributed by atoms with E-state index in [2.05, 4.69) is 9.97 Å². The Bertz CT molecular complexity index is 1340. The van der Waals surface area contributed by atoms with Gasteiger partial charge in [0.15, 0.2) is 15.0 Å². The lowest BCUT2D eigenvalue weighted by molar-refractivity contribution is -0.118. The van der Waals surface area contributed by atoms with Gasteiger partial charge >= 0.3 is 0 Å². The maximum absolute atomic E-state index is 13.6. The van der Waals surface area contributed by atoms with Crippen molar-refractivity contribution in [2.45, 2.75) is 17.9 Å². The quantitative estimate of drug-likeness (QED) is 0.439. The average Bonchev–Trinajstić information content (AvgIpc) is 3.15. The topological polar surface area (TPSA) is 80.2 Å². The maximum atomic E-state index is 13.6. The van der Waals surface area contributed by atoms with Gasteiger partial charge in [0.2, 0.25) is 5.91 Å². The summed E-state index contributed by atoms with van der Waals surface area (Å²) >= 11 is 1.24. The Morgan fingerprint density at radius 1 is 1.10 bits per heavy atom. The summed E-state index contributed by atoms with van der Waals surface area (Å²) in [5.41, 5.74) is 2.12. The van der Waals surface area contributed by atoms with Gasteiger partial charge in [-0.2, -0.15) is 0 Å². The van der Waals surface area contributed by atoms with Gasteiger partial charge in [0, 0.05) is 18.6 Å². The molecule has 2 aromatic carbocycles. The van der Waals surface area contributed by atoms with Gasteiger partial charge < -0.3 is 0 Å². The first-order valence-corrected chi connectivity index (χ1v) is 12.0. The molecule has 9 heteroatoms. The van der Waals surface area contributed by atoms with Crippen molar-refractivity contribution in [2.24, 2.45) is 0 Å². The van der Waals surface area contributed by atoms with Crippen LogP contribution in [-0.4, -0.2) is 30.5 Å². The van der Waals surface area contributed by atoms with Crippen LogP contribution >= 0.6 is 11.3 Å². The summed E-state index contributed by atoms with van der Waals surface area (Å²) in [5, 5.41) is 0.460. The molecule has 0 spiro atoms. The van der Waals surface area contributed by atoms with Crippen LogP contribution in [0.4, 0.5) is 9.52 Å². The molecule has 4 aromatic rings. The molecule has 6 nitrogen and oxygen atoms in total. The van der Waals surface area contributed by atoms with E-state index in [0.717, 1.165) is 11.8 Å². The van der Waals surface area contributed by atoms with Gasteiger partial charge in [-0.05, 0) is 47.5 Å². The van der Waals surface area contributed by atoms with Crippen LogP contribution in [0.15, 0.2) is 71.9 Å². The van der Waals surface area contributed by atoms with Crippen LogP contribution in [0.5, 0.6) is 0 Å². The van der Waals surface area contributed by atoms with Crippen LogP contribution in [0.25, 0.3) is 10.2 Å². The minimum atomic E-state index is -3.31. The lowest BCUT2D eigenvalue weighted by atomic mass is 10.1. The molecule has 2 heterocycles. The van der Waals surface area contributed by atoms with Gasteiger partial charge in [-0.3, -0.25) is 14.7 Å². The number of benzene rings is 2. The average molecular weight is 456 g/mol. The van der Waals surface area contributed by atoms with Gasteiger partial charge in [0.1, 0.15) is 5.82 Å². The third kappa shape index (κ3) is 4.95. The molecule has 0 radical (unpaired) electrons. The van der Waals surface area contributed by atoms with E-state index in [1.54, 1.807) is 41.6 Å². The Morgan fingerprint density at radius 2 is 1.87 bits per heavy atom. The van der Waals surface area contributed by atoms with E-state index in [-0.39, 0.29) is 29.6 Å². The Morgan fingerprint density at radius 3 is 2.55 bits per heavy atom. The van der Waals surface area contributed by atoms with Gasteiger partial charge in [-0.1, -0.05) is 29.5 Å². The van der Waals surface area contributed by atoms with E-state index in [1.165, 1.54) is 35.6 Å². The minimum absolute atomic E-state index is 0.0641. The summed E-state index contributed by atoms with van der Waals surface area (Å²) in [6, 6.07) is 14.2. The summed E-state index contributed by atoms with van der Waals surface area (Å²) in [6.07, 6.45) is 4.53. The lowest BCUT2D eigenvalue weighted by Crippen LogP contribution is -2.31. The normalized spacial score (nSPS) is 11.5. The molecule has 0 bridgehead atoms. The molecule has 1 amide bonds. The van der Waals surface area contributed by atoms with Gasteiger partial charge in [-0.25, -0.2) is 17.8 Å². The fraction of sp³-hybridized carbons (Fsp3) is 0.136. The van der Waals surface area contributed by atoms with Crippen LogP contribution < -0.4 is 4.90 Å². The molecule has 0 aliphatic heterocycles. The number of amides is 1. The van der Waals surface area contributed by atoms with Crippen molar-refractivity contribution in [1.29, 1.82) is 0 Å². The van der Waals surface area contributed by atoms with Crippen LogP contribution in [0.3, 0.4) is 0 Å². The summed E-state index contributed by atoms with van der Waals surface area (Å²) in [6.45, 7) is 0.260. The molecule has 158 valence electrons. The predicted molar refractivity (Wildman–Crippen MR) is 118 cm³/mol. The van der Waals surface area contributed by atoms with E-state index in [9.17, 15) is 17.6 Å². The number of nitrogens with zero attached hydrogens (tertiary/aromatic N) is 3. The molecule has 31 heavy (non-hydrogen) atoms. The third-order valence-electron chi connectivity index (χ3n) is 4.64. The molecule has 0 aliphatic rings. The number of sulfone groups is 1. The maximum Gasteiger partial charge on any atom is 0.233 e. The van der Waals surface area contributed by atoms with Crippen molar-refractivity contribution in [3.63, 3.8) is 0 Å². The van der Waals surface area contributed by atoms with E-state index in [0.29, 0.717) is 20.9 Å². The van der Waals surface area contributed by atoms with Crippen molar-refractivity contribution >= 4 is 42.4 Å². The number of anilines is 1. The first-order chi connectivity index (χ1) is 14.8. The first kappa shape index (κ1) is 21.1. The summed E-state index contributed by atoms with van der Waals surface area (Å²) in [5.74, 6) is -0.575. The second-order valence-electron chi connectivity index (χ2n) is 7.04. The van der Waals surface area contributed by atoms with Crippen molar-refractivity contribution in [1.82, 2.24) is 9.97 Å². The number of thiazole rings is 1. The molecule has 4 rings (SSSR count). The standard InChI is InChI=1S/C22H18FN3O3S2/c1-31(28,29)18-7-4-15(5-8-18)11-21(27)26(14-16-3-2-10-24-13-16)22-25-19-9-6-17(23)12-20(19)30-22/h2-10,12-13H,11,14H2,1H3. The summed E-state index contributed by atoms with van der Waals surface area (Å²) < 4.78 is 37.6. The fourth-order valence-electron chi connectivity index (χ4n) is 3.06.